The van der Waals surface area contributed by atoms with Gasteiger partial charge in [-0.2, -0.15) is 5.10 Å². The van der Waals surface area contributed by atoms with E-state index in [2.05, 4.69) is 143 Å². The number of rotatable bonds is 7. The quantitative estimate of drug-likeness (QED) is 0.185. The zero-order valence-corrected chi connectivity index (χ0v) is 26.7. The van der Waals surface area contributed by atoms with Crippen LogP contribution in [-0.4, -0.2) is 19.3 Å². The molecule has 0 aliphatic heterocycles. The molecule has 0 atom stereocenters. The Balaban J connectivity index is 1.31. The predicted octanol–water partition coefficient (Wildman–Crippen LogP) is 10.7. The van der Waals surface area contributed by atoms with Crippen LogP contribution in [0.25, 0.3) is 44.4 Å². The Hall–Kier alpha value is -5.16. The van der Waals surface area contributed by atoms with Crippen molar-refractivity contribution in [3.8, 4) is 34.1 Å². The molecule has 0 fully saturated rings. The van der Waals surface area contributed by atoms with Crippen molar-refractivity contribution in [1.29, 1.82) is 0 Å². The van der Waals surface area contributed by atoms with Crippen molar-refractivity contribution >= 4 is 21.8 Å². The molecule has 7 rings (SSSR count). The van der Waals surface area contributed by atoms with Crippen LogP contribution in [0.1, 0.15) is 61.8 Å². The maximum Gasteiger partial charge on any atom is 0.137 e. The minimum atomic E-state index is 0.324. The van der Waals surface area contributed by atoms with Gasteiger partial charge in [-0.15, -0.1) is 0 Å². The van der Waals surface area contributed by atoms with Gasteiger partial charge in [-0.1, -0.05) is 64.1 Å². The molecule has 0 unspecified atom stereocenters. The number of pyridine rings is 1. The lowest BCUT2D eigenvalue weighted by molar-refractivity contribution is 0.481. The van der Waals surface area contributed by atoms with Gasteiger partial charge in [0.1, 0.15) is 17.3 Å². The fourth-order valence-electron chi connectivity index (χ4n) is 6.31. The van der Waals surface area contributed by atoms with E-state index in [1.54, 1.807) is 0 Å². The summed E-state index contributed by atoms with van der Waals surface area (Å²) in [5.41, 5.74) is 10.4. The van der Waals surface area contributed by atoms with Gasteiger partial charge in [-0.25, -0.2) is 9.67 Å². The van der Waals surface area contributed by atoms with Gasteiger partial charge in [0.05, 0.1) is 22.9 Å². The highest BCUT2D eigenvalue weighted by Gasteiger charge is 2.16. The van der Waals surface area contributed by atoms with Crippen LogP contribution < -0.4 is 4.74 Å². The molecule has 4 aromatic carbocycles. The van der Waals surface area contributed by atoms with E-state index < -0.39 is 0 Å². The first-order valence-electron chi connectivity index (χ1n) is 15.7. The lowest BCUT2D eigenvalue weighted by Crippen LogP contribution is -2.00. The van der Waals surface area contributed by atoms with Crippen LogP contribution in [0.4, 0.5) is 0 Å². The molecule has 224 valence electrons. The average molecular weight is 591 g/mol. The van der Waals surface area contributed by atoms with Crippen LogP contribution in [-0.2, 0) is 0 Å². The zero-order chi connectivity index (χ0) is 31.2. The summed E-state index contributed by atoms with van der Waals surface area (Å²) in [4.78, 5) is 4.80. The van der Waals surface area contributed by atoms with Crippen molar-refractivity contribution in [2.75, 3.05) is 0 Å². The fourth-order valence-corrected chi connectivity index (χ4v) is 6.31. The van der Waals surface area contributed by atoms with Gasteiger partial charge in [0, 0.05) is 40.9 Å². The summed E-state index contributed by atoms with van der Waals surface area (Å²) in [6.07, 6.45) is 5.97. The van der Waals surface area contributed by atoms with Gasteiger partial charge in [0.25, 0.3) is 0 Å². The Labute approximate surface area is 264 Å². The maximum atomic E-state index is 6.64. The Morgan fingerprint density at radius 2 is 1.42 bits per heavy atom. The Morgan fingerprint density at radius 1 is 0.667 bits per heavy atom. The number of ether oxygens (including phenoxy) is 1. The van der Waals surface area contributed by atoms with Crippen molar-refractivity contribution in [3.05, 3.63) is 132 Å². The van der Waals surface area contributed by atoms with Crippen LogP contribution in [0.2, 0.25) is 0 Å². The third-order valence-corrected chi connectivity index (χ3v) is 8.74. The third-order valence-electron chi connectivity index (χ3n) is 8.74. The van der Waals surface area contributed by atoms with Gasteiger partial charge in [-0.05, 0) is 96.0 Å². The summed E-state index contributed by atoms with van der Waals surface area (Å²) in [5, 5.41) is 7.14. The van der Waals surface area contributed by atoms with Gasteiger partial charge in [-0.3, -0.25) is 4.57 Å². The number of nitrogens with zero attached hydrogens (tertiary/aromatic N) is 4. The monoisotopic (exact) mass is 590 g/mol. The lowest BCUT2D eigenvalue weighted by atomic mass is 9.98. The topological polar surface area (TPSA) is 44.9 Å². The van der Waals surface area contributed by atoms with E-state index in [1.165, 1.54) is 38.6 Å². The summed E-state index contributed by atoms with van der Waals surface area (Å²) < 4.78 is 10.8. The van der Waals surface area contributed by atoms with Crippen molar-refractivity contribution in [3.63, 3.8) is 0 Å². The average Bonchev–Trinajstić information content (AvgIpc) is 3.64. The maximum absolute atomic E-state index is 6.64. The predicted molar refractivity (Wildman–Crippen MR) is 185 cm³/mol. The van der Waals surface area contributed by atoms with E-state index >= 15 is 0 Å². The van der Waals surface area contributed by atoms with E-state index in [1.807, 2.05) is 17.1 Å². The molecule has 3 heterocycles. The molecule has 45 heavy (non-hydrogen) atoms. The number of hydrogen-bond donors (Lipinski definition) is 0. The van der Waals surface area contributed by atoms with Crippen LogP contribution in [0.15, 0.2) is 110 Å². The number of aryl methyl sites for hydroxylation is 2. The van der Waals surface area contributed by atoms with Gasteiger partial charge in [0.15, 0.2) is 0 Å². The molecule has 0 saturated heterocycles. The molecule has 0 bridgehead atoms. The molecular weight excluding hydrogens is 552 g/mol. The smallest absolute Gasteiger partial charge is 0.137 e. The second-order valence-electron chi connectivity index (χ2n) is 12.6. The van der Waals surface area contributed by atoms with E-state index in [9.17, 15) is 0 Å². The first-order valence-corrected chi connectivity index (χ1v) is 15.7. The van der Waals surface area contributed by atoms with E-state index in [0.29, 0.717) is 11.8 Å². The molecule has 0 amide bonds. The second-order valence-corrected chi connectivity index (χ2v) is 12.6. The van der Waals surface area contributed by atoms with Crippen LogP contribution >= 0.6 is 0 Å². The minimum absolute atomic E-state index is 0.324. The van der Waals surface area contributed by atoms with Gasteiger partial charge in [0.2, 0.25) is 0 Å². The number of benzene rings is 4. The SMILES string of the molecule is Cc1cccc(C)c1-c1cnn(-c2cc(Oc3ccc4c5ccccc5n(-c5cc(C(C)C)ccn5)c4c3)cc(C(C)C)c2)c1. The normalized spacial score (nSPS) is 11.7. The molecule has 5 nitrogen and oxygen atoms in total. The number of aromatic nitrogens is 4. The highest BCUT2D eigenvalue weighted by Crippen LogP contribution is 2.36. The lowest BCUT2D eigenvalue weighted by Gasteiger charge is -2.14. The van der Waals surface area contributed by atoms with E-state index in [4.69, 9.17) is 14.8 Å². The van der Waals surface area contributed by atoms with E-state index in [-0.39, 0.29) is 0 Å². The van der Waals surface area contributed by atoms with Crippen molar-refractivity contribution in [2.24, 2.45) is 0 Å². The van der Waals surface area contributed by atoms with Crippen LogP contribution in [0.3, 0.4) is 0 Å². The molecule has 5 heteroatoms. The van der Waals surface area contributed by atoms with Gasteiger partial charge >= 0.3 is 0 Å². The standard InChI is InChI=1S/C40H38N4O/c1-25(2)29-16-17-41-39(20-29)44-37-13-8-7-12-35(37)36-15-14-33(22-38(36)44)45-34-19-30(26(3)4)18-32(21-34)43-24-31(23-42-43)40-27(5)10-9-11-28(40)6/h7-26H,1-6H3. The van der Waals surface area contributed by atoms with Crippen LogP contribution in [0.5, 0.6) is 11.5 Å². The Bertz CT molecular complexity index is 2160. The minimum Gasteiger partial charge on any atom is -0.457 e. The molecule has 3 aromatic heterocycles. The van der Waals surface area contributed by atoms with Crippen molar-refractivity contribution in [2.45, 2.75) is 53.4 Å². The second kappa shape index (κ2) is 11.4. The van der Waals surface area contributed by atoms with E-state index in [0.717, 1.165) is 39.6 Å². The first-order chi connectivity index (χ1) is 21.8. The largest absolute Gasteiger partial charge is 0.457 e. The molecule has 0 spiro atoms. The van der Waals surface area contributed by atoms with Gasteiger partial charge < -0.3 is 4.74 Å². The molecule has 0 saturated carbocycles. The molecule has 0 aliphatic rings. The molecule has 0 radical (unpaired) electrons. The molecule has 0 aliphatic carbocycles. The molecule has 7 aromatic rings. The molecular formula is C40H38N4O. The fraction of sp³-hybridized carbons (Fsp3) is 0.200. The summed E-state index contributed by atoms with van der Waals surface area (Å²) in [6, 6.07) is 32.0. The Kier molecular flexibility index (Phi) is 7.25. The molecule has 0 N–H and O–H groups in total. The summed E-state index contributed by atoms with van der Waals surface area (Å²) in [5.74, 6) is 3.20. The third kappa shape index (κ3) is 5.29. The zero-order valence-electron chi connectivity index (χ0n) is 26.7. The number of para-hydroxylation sites is 1. The first kappa shape index (κ1) is 28.6. The highest BCUT2D eigenvalue weighted by molar-refractivity contribution is 6.09. The highest BCUT2D eigenvalue weighted by atomic mass is 16.5. The number of hydrogen-bond acceptors (Lipinski definition) is 3. The summed E-state index contributed by atoms with van der Waals surface area (Å²) in [6.45, 7) is 13.1. The summed E-state index contributed by atoms with van der Waals surface area (Å²) in [7, 11) is 0. The van der Waals surface area contributed by atoms with Crippen molar-refractivity contribution in [1.82, 2.24) is 19.3 Å². The van der Waals surface area contributed by atoms with Crippen molar-refractivity contribution < 1.29 is 4.74 Å². The number of fused-ring (bicyclic) bond motifs is 3. The van der Waals surface area contributed by atoms with Crippen LogP contribution in [0, 0.1) is 13.8 Å². The summed E-state index contributed by atoms with van der Waals surface area (Å²) >= 11 is 0. The Morgan fingerprint density at radius 3 is 2.20 bits per heavy atom.